The van der Waals surface area contributed by atoms with Gasteiger partial charge in [-0.15, -0.1) is 0 Å². The van der Waals surface area contributed by atoms with Crippen molar-refractivity contribution in [3.05, 3.63) is 57.0 Å². The predicted octanol–water partition coefficient (Wildman–Crippen LogP) is 7.81. The maximum atomic E-state index is 13.9. The second-order valence-corrected chi connectivity index (χ2v) is 19.2. The normalized spacial score (nSPS) is 21.0. The highest BCUT2D eigenvalue weighted by molar-refractivity contribution is 8.16. The van der Waals surface area contributed by atoms with Gasteiger partial charge >= 0.3 is 17.9 Å². The van der Waals surface area contributed by atoms with E-state index in [0.29, 0.717) is 45.7 Å². The fraction of sp³-hybridized carbons (Fsp3) is 0.595. The lowest BCUT2D eigenvalue weighted by Gasteiger charge is -2.39. The number of nitrogens with zero attached hydrogens (tertiary/aromatic N) is 2. The first-order valence-electron chi connectivity index (χ1n) is 18.8. The lowest BCUT2D eigenvalue weighted by atomic mass is 9.84. The molecule has 3 atom stereocenters. The summed E-state index contributed by atoms with van der Waals surface area (Å²) in [5.41, 5.74) is 0.0763. The Hall–Kier alpha value is -4.66. The van der Waals surface area contributed by atoms with Crippen molar-refractivity contribution in [3.63, 3.8) is 0 Å². The van der Waals surface area contributed by atoms with Gasteiger partial charge in [0.05, 0.1) is 6.42 Å². The van der Waals surface area contributed by atoms with Crippen molar-refractivity contribution in [3.8, 4) is 17.2 Å². The topological polar surface area (TPSA) is 173 Å². The molecule has 2 heterocycles. The molecule has 0 bridgehead atoms. The van der Waals surface area contributed by atoms with Gasteiger partial charge in [-0.3, -0.25) is 24.1 Å². The molecular weight excluding hydrogens is 757 g/mol. The molecule has 2 aliphatic heterocycles. The van der Waals surface area contributed by atoms with Gasteiger partial charge in [-0.1, -0.05) is 17.3 Å². The summed E-state index contributed by atoms with van der Waals surface area (Å²) in [4.78, 5) is 78.4. The molecule has 312 valence electrons. The molecule has 1 fully saturated rings. The second kappa shape index (κ2) is 16.7. The highest BCUT2D eigenvalue weighted by Gasteiger charge is 2.55. The molecule has 2 aromatic rings. The average molecular weight is 813 g/mol. The van der Waals surface area contributed by atoms with Crippen molar-refractivity contribution < 1.29 is 52.4 Å². The number of fused-ring (bicyclic) bond motifs is 1. The zero-order chi connectivity index (χ0) is 42.9. The molecule has 15 heteroatoms. The molecule has 0 aliphatic carbocycles. The van der Waals surface area contributed by atoms with Crippen LogP contribution in [0.1, 0.15) is 116 Å². The quantitative estimate of drug-likeness (QED) is 0.109. The standard InChI is InChI=1S/C42H56N2O12S/c1-24-25(2)35-33(26(3)34(24)51-22-32(47)55-40(10,11)12)29(43-50)19-41(13,56-35)23-52-28-16-14-27(15-17-28)18-42(20-30(45)53-38(4,5)6)36(48)44(37(49)57-42)21-31(46)54-39(7,8)9/h14-17,29H,18-23H2,1-13H3. The van der Waals surface area contributed by atoms with E-state index in [4.69, 9.17) is 28.4 Å². The van der Waals surface area contributed by atoms with Gasteiger partial charge in [0, 0.05) is 17.5 Å². The van der Waals surface area contributed by atoms with Gasteiger partial charge in [-0.05, 0) is 137 Å². The second-order valence-electron chi connectivity index (χ2n) is 17.9. The Kier molecular flexibility index (Phi) is 13.2. The van der Waals surface area contributed by atoms with Crippen LogP contribution in [-0.4, -0.2) is 80.9 Å². The third-order valence-corrected chi connectivity index (χ3v) is 10.3. The molecule has 57 heavy (non-hydrogen) atoms. The molecule has 2 aliphatic rings. The highest BCUT2D eigenvalue weighted by Crippen LogP contribution is 2.49. The SMILES string of the molecule is Cc1c(C)c2c(c(C)c1OCC(=O)OC(C)(C)C)C(N=O)CC(C)(COc1ccc(CC3(CC(=O)OC(C)(C)C)SC(=O)N(CC(=O)OC(C)(C)C)C3=O)cc1)O2. The molecule has 3 unspecified atom stereocenters. The van der Waals surface area contributed by atoms with Crippen molar-refractivity contribution in [1.29, 1.82) is 0 Å². The zero-order valence-corrected chi connectivity index (χ0v) is 36.1. The Balaban J connectivity index is 1.51. The maximum Gasteiger partial charge on any atom is 0.344 e. The van der Waals surface area contributed by atoms with Crippen LogP contribution in [0.2, 0.25) is 0 Å². The zero-order valence-electron chi connectivity index (χ0n) is 35.3. The van der Waals surface area contributed by atoms with Crippen molar-refractivity contribution in [2.24, 2.45) is 5.18 Å². The largest absolute Gasteiger partial charge is 0.489 e. The Morgan fingerprint density at radius 3 is 1.95 bits per heavy atom. The molecule has 0 saturated carbocycles. The minimum atomic E-state index is -1.56. The van der Waals surface area contributed by atoms with Crippen molar-refractivity contribution in [1.82, 2.24) is 4.90 Å². The summed E-state index contributed by atoms with van der Waals surface area (Å²) in [7, 11) is 0. The summed E-state index contributed by atoms with van der Waals surface area (Å²) in [6.45, 7) is 22.0. The summed E-state index contributed by atoms with van der Waals surface area (Å²) >= 11 is 0.696. The highest BCUT2D eigenvalue weighted by atomic mass is 32.2. The van der Waals surface area contributed by atoms with Crippen LogP contribution in [0.5, 0.6) is 17.2 Å². The number of esters is 3. The summed E-state index contributed by atoms with van der Waals surface area (Å²) in [5.74, 6) is -1.16. The Labute approximate surface area is 338 Å². The average Bonchev–Trinajstić information content (AvgIpc) is 3.27. The van der Waals surface area contributed by atoms with E-state index in [-0.39, 0.29) is 26.1 Å². The van der Waals surface area contributed by atoms with Gasteiger partial charge in [0.25, 0.3) is 5.24 Å². The van der Waals surface area contributed by atoms with Gasteiger partial charge < -0.3 is 28.4 Å². The summed E-state index contributed by atoms with van der Waals surface area (Å²) in [6, 6.07) is 6.07. The van der Waals surface area contributed by atoms with Crippen LogP contribution in [0, 0.1) is 25.7 Å². The minimum absolute atomic E-state index is 0.0155. The Morgan fingerprint density at radius 1 is 0.825 bits per heavy atom. The third kappa shape index (κ3) is 11.5. The molecular formula is C42H56N2O12S. The number of benzene rings is 2. The molecule has 2 amide bonds. The molecule has 14 nitrogen and oxygen atoms in total. The molecule has 4 rings (SSSR count). The first-order valence-corrected chi connectivity index (χ1v) is 19.7. The summed E-state index contributed by atoms with van der Waals surface area (Å²) in [6.07, 6.45) is -0.212. The molecule has 0 N–H and O–H groups in total. The van der Waals surface area contributed by atoms with Crippen LogP contribution in [0.3, 0.4) is 0 Å². The van der Waals surface area contributed by atoms with Gasteiger partial charge in [-0.2, -0.15) is 4.91 Å². The number of carbonyl (C=O) groups excluding carboxylic acids is 5. The van der Waals surface area contributed by atoms with Crippen molar-refractivity contribution in [2.45, 2.75) is 142 Å². The van der Waals surface area contributed by atoms with Gasteiger partial charge in [0.15, 0.2) is 6.61 Å². The van der Waals surface area contributed by atoms with Gasteiger partial charge in [0.2, 0.25) is 5.91 Å². The first-order chi connectivity index (χ1) is 26.1. The maximum absolute atomic E-state index is 13.9. The van der Waals surface area contributed by atoms with Gasteiger partial charge in [0.1, 0.15) is 63.6 Å². The van der Waals surface area contributed by atoms with Crippen LogP contribution >= 0.6 is 11.8 Å². The number of nitroso groups, excluding NO2 is 1. The number of imide groups is 1. The lowest BCUT2D eigenvalue weighted by Crippen LogP contribution is -2.46. The van der Waals surface area contributed by atoms with E-state index in [0.717, 1.165) is 16.0 Å². The molecule has 1 saturated heterocycles. The third-order valence-electron chi connectivity index (χ3n) is 9.07. The molecule has 2 aromatic carbocycles. The number of ether oxygens (including phenoxy) is 6. The fourth-order valence-electron chi connectivity index (χ4n) is 6.75. The van der Waals surface area contributed by atoms with Gasteiger partial charge in [-0.25, -0.2) is 4.79 Å². The predicted molar refractivity (Wildman–Crippen MR) is 214 cm³/mol. The van der Waals surface area contributed by atoms with E-state index in [1.165, 1.54) is 0 Å². The van der Waals surface area contributed by atoms with Crippen LogP contribution in [0.15, 0.2) is 29.4 Å². The van der Waals surface area contributed by atoms with E-state index in [1.54, 1.807) is 86.6 Å². The fourth-order valence-corrected chi connectivity index (χ4v) is 7.96. The lowest BCUT2D eigenvalue weighted by molar-refractivity contribution is -0.159. The van der Waals surface area contributed by atoms with Crippen LogP contribution < -0.4 is 14.2 Å². The number of carbonyl (C=O) groups is 5. The summed E-state index contributed by atoms with van der Waals surface area (Å²) in [5, 5.41) is 2.80. The Morgan fingerprint density at radius 2 is 1.39 bits per heavy atom. The van der Waals surface area contributed by atoms with E-state index >= 15 is 0 Å². The van der Waals surface area contributed by atoms with E-state index < -0.39 is 75.2 Å². The van der Waals surface area contributed by atoms with E-state index in [2.05, 4.69) is 5.18 Å². The van der Waals surface area contributed by atoms with E-state index in [9.17, 15) is 28.9 Å². The number of rotatable bonds is 13. The van der Waals surface area contributed by atoms with Crippen molar-refractivity contribution in [2.75, 3.05) is 19.8 Å². The number of thioether (sulfide) groups is 1. The monoisotopic (exact) mass is 812 g/mol. The van der Waals surface area contributed by atoms with E-state index in [1.807, 2.05) is 27.7 Å². The van der Waals surface area contributed by atoms with Crippen LogP contribution in [-0.2, 0) is 39.8 Å². The number of hydrogen-bond donors (Lipinski definition) is 0. The van der Waals surface area contributed by atoms with Crippen LogP contribution in [0.25, 0.3) is 0 Å². The Bertz CT molecular complexity index is 1910. The minimum Gasteiger partial charge on any atom is -0.489 e. The number of amides is 2. The molecule has 0 aromatic heterocycles. The smallest absolute Gasteiger partial charge is 0.344 e. The number of hydrogen-bond acceptors (Lipinski definition) is 14. The molecule has 0 spiro atoms. The van der Waals surface area contributed by atoms with Crippen LogP contribution in [0.4, 0.5) is 4.79 Å². The van der Waals surface area contributed by atoms with Crippen molar-refractivity contribution >= 4 is 40.8 Å². The summed E-state index contributed by atoms with van der Waals surface area (Å²) < 4.78 is 33.4. The first kappa shape index (κ1) is 45.0. The molecule has 0 radical (unpaired) electrons.